The fraction of sp³-hybridized carbons (Fsp3) is 0.375. The van der Waals surface area contributed by atoms with E-state index in [4.69, 9.17) is 9.47 Å². The minimum absolute atomic E-state index is 0.0786. The van der Waals surface area contributed by atoms with Crippen LogP contribution < -0.4 is 10.1 Å². The van der Waals surface area contributed by atoms with Gasteiger partial charge in [-0.2, -0.15) is 5.10 Å². The maximum Gasteiger partial charge on any atom is 0.212 e. The fourth-order valence-electron chi connectivity index (χ4n) is 3.00. The van der Waals surface area contributed by atoms with Gasteiger partial charge >= 0.3 is 0 Å². The van der Waals surface area contributed by atoms with Crippen LogP contribution >= 0.6 is 0 Å². The Morgan fingerprint density at radius 2 is 2.17 bits per heavy atom. The molecule has 0 aromatic carbocycles. The summed E-state index contributed by atoms with van der Waals surface area (Å²) in [4.78, 5) is 12.9. The first-order valence-electron chi connectivity index (χ1n) is 7.77. The average Bonchev–Trinajstić information content (AvgIpc) is 3.23. The lowest BCUT2D eigenvalue weighted by Gasteiger charge is -2.20. The summed E-state index contributed by atoms with van der Waals surface area (Å²) < 4.78 is 12.8. The molecule has 0 unspecified atom stereocenters. The van der Waals surface area contributed by atoms with Crippen LogP contribution in [0, 0.1) is 0 Å². The lowest BCUT2D eigenvalue weighted by molar-refractivity contribution is 0.107. The Kier molecular flexibility index (Phi) is 3.73. The second-order valence-corrected chi connectivity index (χ2v) is 5.69. The largest absolute Gasteiger partial charge is 0.481 e. The Hall–Kier alpha value is -2.74. The van der Waals surface area contributed by atoms with Crippen molar-refractivity contribution in [2.24, 2.45) is 7.05 Å². The Morgan fingerprint density at radius 1 is 1.25 bits per heavy atom. The summed E-state index contributed by atoms with van der Waals surface area (Å²) in [5.74, 6) is 1.36. The van der Waals surface area contributed by atoms with Crippen molar-refractivity contribution in [3.8, 4) is 5.88 Å². The van der Waals surface area contributed by atoms with Crippen LogP contribution in [0.2, 0.25) is 0 Å². The molecule has 0 aliphatic carbocycles. The van der Waals surface area contributed by atoms with Gasteiger partial charge in [0.25, 0.3) is 0 Å². The molecule has 3 aromatic heterocycles. The van der Waals surface area contributed by atoms with Gasteiger partial charge in [-0.25, -0.2) is 15.0 Å². The highest BCUT2D eigenvalue weighted by molar-refractivity contribution is 5.86. The molecule has 1 aliphatic rings. The first-order valence-corrected chi connectivity index (χ1v) is 7.77. The van der Waals surface area contributed by atoms with E-state index in [0.29, 0.717) is 12.5 Å². The monoisotopic (exact) mass is 326 g/mol. The van der Waals surface area contributed by atoms with E-state index in [2.05, 4.69) is 25.4 Å². The zero-order valence-corrected chi connectivity index (χ0v) is 13.5. The number of rotatable bonds is 4. The summed E-state index contributed by atoms with van der Waals surface area (Å²) >= 11 is 0. The van der Waals surface area contributed by atoms with E-state index in [9.17, 15) is 0 Å². The van der Waals surface area contributed by atoms with Crippen LogP contribution in [0.1, 0.15) is 18.1 Å². The van der Waals surface area contributed by atoms with Crippen molar-refractivity contribution in [3.05, 3.63) is 36.4 Å². The third-order valence-corrected chi connectivity index (χ3v) is 4.24. The molecule has 1 N–H and O–H groups in total. The van der Waals surface area contributed by atoms with E-state index in [1.807, 2.05) is 19.2 Å². The predicted molar refractivity (Wildman–Crippen MR) is 87.8 cm³/mol. The van der Waals surface area contributed by atoms with Crippen LogP contribution in [0.3, 0.4) is 0 Å². The number of pyridine rings is 1. The fourth-order valence-corrected chi connectivity index (χ4v) is 3.00. The number of ether oxygens (including phenoxy) is 2. The van der Waals surface area contributed by atoms with Gasteiger partial charge in [0.2, 0.25) is 5.88 Å². The van der Waals surface area contributed by atoms with E-state index in [1.54, 1.807) is 30.5 Å². The molecular formula is C16H18N6O2. The van der Waals surface area contributed by atoms with E-state index in [-0.39, 0.29) is 12.1 Å². The number of aryl methyl sites for hydroxylation is 1. The van der Waals surface area contributed by atoms with Gasteiger partial charge in [0, 0.05) is 31.5 Å². The van der Waals surface area contributed by atoms with Gasteiger partial charge in [-0.15, -0.1) is 0 Å². The molecule has 1 fully saturated rings. The Labute approximate surface area is 138 Å². The molecule has 4 rings (SSSR count). The predicted octanol–water partition coefficient (Wildman–Crippen LogP) is 1.71. The van der Waals surface area contributed by atoms with Crippen molar-refractivity contribution < 1.29 is 9.47 Å². The van der Waals surface area contributed by atoms with Crippen LogP contribution in [0.15, 0.2) is 30.9 Å². The molecule has 0 spiro atoms. The molecule has 3 aromatic rings. The van der Waals surface area contributed by atoms with Crippen molar-refractivity contribution in [2.75, 3.05) is 19.0 Å². The first kappa shape index (κ1) is 14.8. The van der Waals surface area contributed by atoms with Gasteiger partial charge in [0.05, 0.1) is 24.7 Å². The van der Waals surface area contributed by atoms with Crippen molar-refractivity contribution >= 4 is 16.9 Å². The van der Waals surface area contributed by atoms with Gasteiger partial charge in [-0.1, -0.05) is 0 Å². The number of nitrogens with one attached hydrogen (secondary N) is 1. The molecule has 0 bridgehead atoms. The number of hydrogen-bond donors (Lipinski definition) is 1. The van der Waals surface area contributed by atoms with Crippen molar-refractivity contribution in [1.29, 1.82) is 0 Å². The molecule has 2 atom stereocenters. The SMILES string of the molecule is COc1ccc([C@H]2OCC[C@@H]2Nc2ncnc3c2cnn3C)cn1. The second kappa shape index (κ2) is 6.04. The molecule has 0 saturated carbocycles. The number of nitrogens with zero attached hydrogens (tertiary/aromatic N) is 5. The molecule has 124 valence electrons. The zero-order chi connectivity index (χ0) is 16.5. The molecule has 1 saturated heterocycles. The highest BCUT2D eigenvalue weighted by atomic mass is 16.5. The van der Waals surface area contributed by atoms with Gasteiger partial charge in [-0.05, 0) is 12.5 Å². The van der Waals surface area contributed by atoms with Crippen LogP contribution in [0.5, 0.6) is 5.88 Å². The van der Waals surface area contributed by atoms with Crippen molar-refractivity contribution in [1.82, 2.24) is 24.7 Å². The van der Waals surface area contributed by atoms with Gasteiger partial charge in [-0.3, -0.25) is 4.68 Å². The van der Waals surface area contributed by atoms with Gasteiger partial charge in [0.15, 0.2) is 5.65 Å². The number of methoxy groups -OCH3 is 1. The van der Waals surface area contributed by atoms with E-state index < -0.39 is 0 Å². The van der Waals surface area contributed by atoms with E-state index >= 15 is 0 Å². The van der Waals surface area contributed by atoms with Crippen LogP contribution in [0.4, 0.5) is 5.82 Å². The number of anilines is 1. The Morgan fingerprint density at radius 3 is 2.96 bits per heavy atom. The molecule has 8 nitrogen and oxygen atoms in total. The molecule has 0 radical (unpaired) electrons. The van der Waals surface area contributed by atoms with Gasteiger partial charge in [0.1, 0.15) is 18.2 Å². The summed E-state index contributed by atoms with van der Waals surface area (Å²) in [5.41, 5.74) is 1.82. The third-order valence-electron chi connectivity index (χ3n) is 4.24. The molecule has 4 heterocycles. The molecule has 0 amide bonds. The van der Waals surface area contributed by atoms with E-state index in [0.717, 1.165) is 28.8 Å². The lowest BCUT2D eigenvalue weighted by Crippen LogP contribution is -2.24. The van der Waals surface area contributed by atoms with Crippen LogP contribution in [0.25, 0.3) is 11.0 Å². The van der Waals surface area contributed by atoms with Crippen LogP contribution in [-0.2, 0) is 11.8 Å². The first-order chi connectivity index (χ1) is 11.8. The highest BCUT2D eigenvalue weighted by Crippen LogP contribution is 2.32. The summed E-state index contributed by atoms with van der Waals surface area (Å²) in [6.07, 6.45) is 5.93. The Bertz CT molecular complexity index is 847. The van der Waals surface area contributed by atoms with Crippen molar-refractivity contribution in [2.45, 2.75) is 18.6 Å². The average molecular weight is 326 g/mol. The normalized spacial score (nSPS) is 20.4. The smallest absolute Gasteiger partial charge is 0.212 e. The van der Waals surface area contributed by atoms with Crippen molar-refractivity contribution in [3.63, 3.8) is 0 Å². The highest BCUT2D eigenvalue weighted by Gasteiger charge is 2.30. The van der Waals surface area contributed by atoms with Gasteiger partial charge < -0.3 is 14.8 Å². The van der Waals surface area contributed by atoms with Crippen LogP contribution in [-0.4, -0.2) is 44.5 Å². The summed E-state index contributed by atoms with van der Waals surface area (Å²) in [6, 6.07) is 3.94. The minimum Gasteiger partial charge on any atom is -0.481 e. The van der Waals surface area contributed by atoms with E-state index in [1.165, 1.54) is 0 Å². The zero-order valence-electron chi connectivity index (χ0n) is 13.5. The second-order valence-electron chi connectivity index (χ2n) is 5.69. The summed E-state index contributed by atoms with van der Waals surface area (Å²) in [7, 11) is 3.47. The number of aromatic nitrogens is 5. The quantitative estimate of drug-likeness (QED) is 0.781. The maximum absolute atomic E-state index is 5.91. The number of hydrogen-bond acceptors (Lipinski definition) is 7. The Balaban J connectivity index is 1.60. The topological polar surface area (TPSA) is 87.0 Å². The summed E-state index contributed by atoms with van der Waals surface area (Å²) in [5, 5.41) is 8.63. The lowest BCUT2D eigenvalue weighted by atomic mass is 10.0. The third kappa shape index (κ3) is 2.54. The molecule has 1 aliphatic heterocycles. The molecule has 8 heteroatoms. The standard InChI is InChI=1S/C16H18N6O2/c1-22-16-11(8-20-22)15(18-9-19-16)21-12-5-6-24-14(12)10-3-4-13(23-2)17-7-10/h3-4,7-9,12,14H,5-6H2,1-2H3,(H,18,19,21)/t12-,14+/m0/s1. The summed E-state index contributed by atoms with van der Waals surface area (Å²) in [6.45, 7) is 0.690. The number of fused-ring (bicyclic) bond motifs is 1. The molecular weight excluding hydrogens is 308 g/mol. The maximum atomic E-state index is 5.91. The molecule has 24 heavy (non-hydrogen) atoms. The minimum atomic E-state index is -0.0786.